The number of unbranched alkanes of at least 4 members (excludes halogenated alkanes) is 3. The van der Waals surface area contributed by atoms with Crippen molar-refractivity contribution in [2.75, 3.05) is 14.1 Å². The first kappa shape index (κ1) is 14.2. The molecule has 1 unspecified atom stereocenters. The maximum absolute atomic E-state index is 2.37. The maximum Gasteiger partial charge on any atom is 0.0130 e. The Kier molecular flexibility index (Phi) is 6.95. The highest BCUT2D eigenvalue weighted by atomic mass is 15.1. The Morgan fingerprint density at radius 3 is 2.29 bits per heavy atom. The van der Waals surface area contributed by atoms with E-state index in [1.807, 2.05) is 0 Å². The maximum atomic E-state index is 2.37. The van der Waals surface area contributed by atoms with Crippen LogP contribution in [0, 0.1) is 0 Å². The zero-order valence-electron chi connectivity index (χ0n) is 11.7. The van der Waals surface area contributed by atoms with Gasteiger partial charge in [0.05, 0.1) is 0 Å². The molecular formula is C16H27N. The minimum absolute atomic E-state index is 0.689. The molecule has 0 fully saturated rings. The summed E-state index contributed by atoms with van der Waals surface area (Å²) < 4.78 is 0. The SMILES string of the molecule is CCCCCCC(Cc1ccccc1)N(C)C. The lowest BCUT2D eigenvalue weighted by atomic mass is 9.99. The van der Waals surface area contributed by atoms with E-state index in [-0.39, 0.29) is 0 Å². The molecule has 0 heterocycles. The van der Waals surface area contributed by atoms with Gasteiger partial charge >= 0.3 is 0 Å². The van der Waals surface area contributed by atoms with E-state index in [1.165, 1.54) is 44.1 Å². The minimum atomic E-state index is 0.689. The van der Waals surface area contributed by atoms with Gasteiger partial charge in [-0.1, -0.05) is 62.9 Å². The summed E-state index contributed by atoms with van der Waals surface area (Å²) in [6.07, 6.45) is 7.96. The summed E-state index contributed by atoms with van der Waals surface area (Å²) in [5, 5.41) is 0. The number of nitrogens with zero attached hydrogens (tertiary/aromatic N) is 1. The first-order valence-corrected chi connectivity index (χ1v) is 6.94. The van der Waals surface area contributed by atoms with Gasteiger partial charge in [-0.05, 0) is 32.5 Å². The quantitative estimate of drug-likeness (QED) is 0.610. The van der Waals surface area contributed by atoms with Gasteiger partial charge in [-0.25, -0.2) is 0 Å². The smallest absolute Gasteiger partial charge is 0.0130 e. The van der Waals surface area contributed by atoms with E-state index in [1.54, 1.807) is 0 Å². The predicted octanol–water partition coefficient (Wildman–Crippen LogP) is 4.13. The summed E-state index contributed by atoms with van der Waals surface area (Å²) in [7, 11) is 4.40. The molecule has 0 aliphatic carbocycles. The average molecular weight is 233 g/mol. The molecular weight excluding hydrogens is 206 g/mol. The van der Waals surface area contributed by atoms with Crippen LogP contribution in [-0.4, -0.2) is 25.0 Å². The van der Waals surface area contributed by atoms with Crippen LogP contribution in [0.15, 0.2) is 30.3 Å². The van der Waals surface area contributed by atoms with Crippen molar-refractivity contribution in [2.24, 2.45) is 0 Å². The van der Waals surface area contributed by atoms with Crippen molar-refractivity contribution in [3.8, 4) is 0 Å². The standard InChI is InChI=1S/C16H27N/c1-4-5-6-10-13-16(17(2)3)14-15-11-8-7-9-12-15/h7-9,11-12,16H,4-6,10,13-14H2,1-3H3. The predicted molar refractivity (Wildman–Crippen MR) is 76.4 cm³/mol. The topological polar surface area (TPSA) is 3.24 Å². The molecule has 0 bridgehead atoms. The molecule has 0 saturated carbocycles. The minimum Gasteiger partial charge on any atom is -0.306 e. The van der Waals surface area contributed by atoms with E-state index < -0.39 is 0 Å². The van der Waals surface area contributed by atoms with Crippen molar-refractivity contribution in [3.05, 3.63) is 35.9 Å². The Labute approximate surface area is 107 Å². The molecule has 0 aliphatic heterocycles. The third kappa shape index (κ3) is 5.88. The Bertz CT molecular complexity index is 279. The first-order chi connectivity index (χ1) is 8.24. The summed E-state index contributed by atoms with van der Waals surface area (Å²) in [6.45, 7) is 2.27. The van der Waals surface area contributed by atoms with Crippen molar-refractivity contribution >= 4 is 0 Å². The van der Waals surface area contributed by atoms with Crippen LogP contribution in [0.25, 0.3) is 0 Å². The summed E-state index contributed by atoms with van der Waals surface area (Å²) >= 11 is 0. The van der Waals surface area contributed by atoms with Gasteiger partial charge in [0.25, 0.3) is 0 Å². The second kappa shape index (κ2) is 8.30. The van der Waals surface area contributed by atoms with Crippen molar-refractivity contribution in [2.45, 2.75) is 51.5 Å². The molecule has 1 aromatic rings. The van der Waals surface area contributed by atoms with Crippen LogP contribution in [0.4, 0.5) is 0 Å². The molecule has 0 aliphatic rings. The number of hydrogen-bond donors (Lipinski definition) is 0. The van der Waals surface area contributed by atoms with Gasteiger partial charge in [0, 0.05) is 6.04 Å². The molecule has 0 N–H and O–H groups in total. The van der Waals surface area contributed by atoms with E-state index in [2.05, 4.69) is 56.3 Å². The highest BCUT2D eigenvalue weighted by Gasteiger charge is 2.11. The first-order valence-electron chi connectivity index (χ1n) is 6.94. The van der Waals surface area contributed by atoms with E-state index in [4.69, 9.17) is 0 Å². The Balaban J connectivity index is 2.38. The molecule has 0 saturated heterocycles. The van der Waals surface area contributed by atoms with Crippen molar-refractivity contribution in [3.63, 3.8) is 0 Å². The third-order valence-electron chi connectivity index (χ3n) is 3.44. The van der Waals surface area contributed by atoms with Crippen LogP contribution < -0.4 is 0 Å². The largest absolute Gasteiger partial charge is 0.306 e. The summed E-state index contributed by atoms with van der Waals surface area (Å²) in [4.78, 5) is 2.37. The molecule has 0 spiro atoms. The molecule has 1 aromatic carbocycles. The fourth-order valence-corrected chi connectivity index (χ4v) is 2.24. The van der Waals surface area contributed by atoms with Crippen LogP contribution in [0.3, 0.4) is 0 Å². The molecule has 1 heteroatoms. The highest BCUT2D eigenvalue weighted by molar-refractivity contribution is 5.15. The van der Waals surface area contributed by atoms with Gasteiger partial charge in [-0.15, -0.1) is 0 Å². The Morgan fingerprint density at radius 2 is 1.71 bits per heavy atom. The normalized spacial score (nSPS) is 12.9. The summed E-state index contributed by atoms with van der Waals surface area (Å²) in [5.74, 6) is 0. The molecule has 1 rings (SSSR count). The summed E-state index contributed by atoms with van der Waals surface area (Å²) in [5.41, 5.74) is 1.46. The molecule has 0 aromatic heterocycles. The van der Waals surface area contributed by atoms with Crippen LogP contribution in [0.2, 0.25) is 0 Å². The van der Waals surface area contributed by atoms with Crippen molar-refractivity contribution in [1.29, 1.82) is 0 Å². The van der Waals surface area contributed by atoms with Crippen LogP contribution in [0.5, 0.6) is 0 Å². The monoisotopic (exact) mass is 233 g/mol. The van der Waals surface area contributed by atoms with E-state index in [0.29, 0.717) is 6.04 Å². The summed E-state index contributed by atoms with van der Waals surface area (Å²) in [6, 6.07) is 11.5. The second-order valence-corrected chi connectivity index (χ2v) is 5.16. The lowest BCUT2D eigenvalue weighted by Gasteiger charge is -2.24. The van der Waals surface area contributed by atoms with Crippen molar-refractivity contribution < 1.29 is 0 Å². The van der Waals surface area contributed by atoms with Crippen LogP contribution in [-0.2, 0) is 6.42 Å². The fourth-order valence-electron chi connectivity index (χ4n) is 2.24. The number of rotatable bonds is 8. The van der Waals surface area contributed by atoms with E-state index >= 15 is 0 Å². The molecule has 0 radical (unpaired) electrons. The molecule has 1 atom stereocenters. The fraction of sp³-hybridized carbons (Fsp3) is 0.625. The van der Waals surface area contributed by atoms with Gasteiger partial charge in [-0.2, -0.15) is 0 Å². The van der Waals surface area contributed by atoms with Gasteiger partial charge in [0.2, 0.25) is 0 Å². The molecule has 1 nitrogen and oxygen atoms in total. The molecule has 96 valence electrons. The second-order valence-electron chi connectivity index (χ2n) is 5.16. The van der Waals surface area contributed by atoms with Crippen LogP contribution >= 0.6 is 0 Å². The Morgan fingerprint density at radius 1 is 1.00 bits per heavy atom. The molecule has 17 heavy (non-hydrogen) atoms. The van der Waals surface area contributed by atoms with Gasteiger partial charge in [0.15, 0.2) is 0 Å². The van der Waals surface area contributed by atoms with Crippen molar-refractivity contribution in [1.82, 2.24) is 4.90 Å². The molecule has 0 amide bonds. The number of hydrogen-bond acceptors (Lipinski definition) is 1. The Hall–Kier alpha value is -0.820. The third-order valence-corrected chi connectivity index (χ3v) is 3.44. The van der Waals surface area contributed by atoms with E-state index in [9.17, 15) is 0 Å². The van der Waals surface area contributed by atoms with Crippen LogP contribution in [0.1, 0.15) is 44.6 Å². The van der Waals surface area contributed by atoms with Gasteiger partial charge in [0.1, 0.15) is 0 Å². The average Bonchev–Trinajstić information content (AvgIpc) is 2.34. The lowest BCUT2D eigenvalue weighted by Crippen LogP contribution is -2.30. The zero-order chi connectivity index (χ0) is 12.5. The zero-order valence-corrected chi connectivity index (χ0v) is 11.7. The number of likely N-dealkylation sites (N-methyl/N-ethyl adjacent to an activating group) is 1. The van der Waals surface area contributed by atoms with Gasteiger partial charge < -0.3 is 4.90 Å². The van der Waals surface area contributed by atoms with E-state index in [0.717, 1.165) is 0 Å². The highest BCUT2D eigenvalue weighted by Crippen LogP contribution is 2.14. The lowest BCUT2D eigenvalue weighted by molar-refractivity contribution is 0.270. The van der Waals surface area contributed by atoms with Gasteiger partial charge in [-0.3, -0.25) is 0 Å². The number of benzene rings is 1.